The number of aliphatic hydroxyl groups excluding tert-OH is 1. The van der Waals surface area contributed by atoms with E-state index in [4.69, 9.17) is 0 Å². The molecule has 0 bridgehead atoms. The highest BCUT2D eigenvalue weighted by atomic mass is 32.2. The van der Waals surface area contributed by atoms with E-state index in [1.807, 2.05) is 6.07 Å². The van der Waals surface area contributed by atoms with Crippen LogP contribution in [0.4, 0.5) is 8.78 Å². The molecule has 0 saturated heterocycles. The van der Waals surface area contributed by atoms with Gasteiger partial charge in [0.25, 0.3) is 0 Å². The smallest absolute Gasteiger partial charge is 0.182 e. The van der Waals surface area contributed by atoms with Crippen LogP contribution in [0.2, 0.25) is 0 Å². The Labute approximate surface area is 168 Å². The third kappa shape index (κ3) is 4.87. The number of halogens is 2. The predicted molar refractivity (Wildman–Crippen MR) is 108 cm³/mol. The largest absolute Gasteiger partial charge is 0.394 e. The molecule has 0 saturated carbocycles. The first-order valence-electron chi connectivity index (χ1n) is 8.99. The lowest BCUT2D eigenvalue weighted by Gasteiger charge is -2.14. The van der Waals surface area contributed by atoms with E-state index < -0.39 is 21.5 Å². The van der Waals surface area contributed by atoms with Crippen molar-refractivity contribution in [2.75, 3.05) is 13.7 Å². The van der Waals surface area contributed by atoms with Gasteiger partial charge in [0.1, 0.15) is 11.6 Å². The zero-order chi connectivity index (χ0) is 21.0. The second kappa shape index (κ2) is 8.82. The normalized spacial score (nSPS) is 12.7. The maximum Gasteiger partial charge on any atom is 0.182 e. The molecule has 0 aliphatic heterocycles. The van der Waals surface area contributed by atoms with Crippen LogP contribution in [-0.4, -0.2) is 27.2 Å². The molecule has 4 nitrogen and oxygen atoms in total. The lowest BCUT2D eigenvalue weighted by Crippen LogP contribution is -2.20. The fourth-order valence-corrected chi connectivity index (χ4v) is 4.47. The highest BCUT2D eigenvalue weighted by Crippen LogP contribution is 2.26. The van der Waals surface area contributed by atoms with Gasteiger partial charge in [-0.15, -0.1) is 0 Å². The monoisotopic (exact) mass is 417 g/mol. The molecule has 0 unspecified atom stereocenters. The van der Waals surface area contributed by atoms with Crippen molar-refractivity contribution in [3.05, 3.63) is 89.5 Å². The summed E-state index contributed by atoms with van der Waals surface area (Å²) >= 11 is 0. The van der Waals surface area contributed by atoms with E-state index in [1.54, 1.807) is 25.2 Å². The summed E-state index contributed by atoms with van der Waals surface area (Å²) in [6.07, 6.45) is 0. The number of nitrogens with one attached hydrogen (secondary N) is 1. The minimum Gasteiger partial charge on any atom is -0.394 e. The van der Waals surface area contributed by atoms with Gasteiger partial charge in [-0.3, -0.25) is 0 Å². The van der Waals surface area contributed by atoms with Crippen molar-refractivity contribution in [3.8, 4) is 11.1 Å². The molecule has 0 heterocycles. The number of hydrogen-bond donors (Lipinski definition) is 2. The molecule has 0 aromatic heterocycles. The minimum atomic E-state index is -3.62. The van der Waals surface area contributed by atoms with E-state index in [0.717, 1.165) is 17.7 Å². The average molecular weight is 417 g/mol. The first kappa shape index (κ1) is 21.1. The number of rotatable bonds is 7. The molecule has 2 N–H and O–H groups in total. The van der Waals surface area contributed by atoms with Crippen molar-refractivity contribution in [1.82, 2.24) is 5.32 Å². The van der Waals surface area contributed by atoms with Crippen LogP contribution in [0.5, 0.6) is 0 Å². The molecule has 3 aromatic carbocycles. The molecule has 1 atom stereocenters. The van der Waals surface area contributed by atoms with Crippen LogP contribution in [0.1, 0.15) is 17.2 Å². The van der Waals surface area contributed by atoms with Crippen molar-refractivity contribution in [3.63, 3.8) is 0 Å². The molecule has 0 fully saturated rings. The zero-order valence-electron chi connectivity index (χ0n) is 15.8. The molecule has 7 heteroatoms. The van der Waals surface area contributed by atoms with Gasteiger partial charge in [0.05, 0.1) is 23.3 Å². The van der Waals surface area contributed by atoms with Crippen LogP contribution in [0.3, 0.4) is 0 Å². The maximum absolute atomic E-state index is 13.9. The molecule has 152 valence electrons. The molecule has 0 aliphatic carbocycles. The maximum atomic E-state index is 13.9. The van der Waals surface area contributed by atoms with E-state index in [9.17, 15) is 22.3 Å². The van der Waals surface area contributed by atoms with Crippen molar-refractivity contribution in [2.45, 2.75) is 16.7 Å². The topological polar surface area (TPSA) is 66.4 Å². The van der Waals surface area contributed by atoms with Gasteiger partial charge in [-0.25, -0.2) is 17.2 Å². The van der Waals surface area contributed by atoms with Crippen LogP contribution < -0.4 is 5.32 Å². The van der Waals surface area contributed by atoms with Gasteiger partial charge < -0.3 is 10.4 Å². The molecule has 3 aromatic rings. The molecule has 3 rings (SSSR count). The summed E-state index contributed by atoms with van der Waals surface area (Å²) in [5.41, 5.74) is 2.06. The second-order valence-electron chi connectivity index (χ2n) is 6.68. The Morgan fingerprint density at radius 2 is 1.72 bits per heavy atom. The van der Waals surface area contributed by atoms with Crippen LogP contribution in [-0.2, 0) is 15.6 Å². The number of aliphatic hydroxyl groups is 1. The Morgan fingerprint density at radius 1 is 1.00 bits per heavy atom. The van der Waals surface area contributed by atoms with E-state index in [2.05, 4.69) is 5.32 Å². The van der Waals surface area contributed by atoms with Crippen LogP contribution in [0.25, 0.3) is 11.1 Å². The van der Waals surface area contributed by atoms with Crippen molar-refractivity contribution < 1.29 is 22.3 Å². The number of likely N-dealkylation sites (N-methyl/N-ethyl adjacent to an activating group) is 1. The van der Waals surface area contributed by atoms with Crippen molar-refractivity contribution in [1.29, 1.82) is 0 Å². The fraction of sp³-hybridized carbons (Fsp3) is 0.182. The summed E-state index contributed by atoms with van der Waals surface area (Å²) in [5.74, 6) is -1.58. The summed E-state index contributed by atoms with van der Waals surface area (Å²) in [4.78, 5) is 0.112. The van der Waals surface area contributed by atoms with E-state index in [0.29, 0.717) is 11.1 Å². The number of benzene rings is 3. The van der Waals surface area contributed by atoms with Gasteiger partial charge in [-0.05, 0) is 48.0 Å². The van der Waals surface area contributed by atoms with Crippen LogP contribution in [0.15, 0.2) is 71.6 Å². The summed E-state index contributed by atoms with van der Waals surface area (Å²) in [7, 11) is -1.90. The van der Waals surface area contributed by atoms with Crippen LogP contribution in [0, 0.1) is 11.6 Å². The summed E-state index contributed by atoms with van der Waals surface area (Å²) in [6, 6.07) is 15.9. The van der Waals surface area contributed by atoms with Gasteiger partial charge in [0, 0.05) is 11.6 Å². The molecular formula is C22H21F2NO3S. The highest BCUT2D eigenvalue weighted by Gasteiger charge is 2.17. The van der Waals surface area contributed by atoms with E-state index >= 15 is 0 Å². The molecule has 0 aliphatic rings. The Kier molecular flexibility index (Phi) is 6.42. The summed E-state index contributed by atoms with van der Waals surface area (Å²) < 4.78 is 52.6. The van der Waals surface area contributed by atoms with Gasteiger partial charge in [0.15, 0.2) is 9.84 Å². The summed E-state index contributed by atoms with van der Waals surface area (Å²) in [6.45, 7) is -0.103. The third-order valence-electron chi connectivity index (χ3n) is 4.70. The second-order valence-corrected chi connectivity index (χ2v) is 8.67. The van der Waals surface area contributed by atoms with E-state index in [1.165, 1.54) is 30.3 Å². The Hall–Kier alpha value is -2.61. The van der Waals surface area contributed by atoms with Crippen molar-refractivity contribution in [2.24, 2.45) is 0 Å². The SMILES string of the molecule is CN[C@H](CO)c1cccc(CS(=O)(=O)c2ccc(-c3ccc(F)cc3F)cc2)c1. The highest BCUT2D eigenvalue weighted by molar-refractivity contribution is 7.90. The molecule has 29 heavy (non-hydrogen) atoms. The number of sulfone groups is 1. The standard InChI is InChI=1S/C22H21F2NO3S/c1-25-22(13-26)17-4-2-3-15(11-17)14-29(27,28)19-8-5-16(6-9-19)20-10-7-18(23)12-21(20)24/h2-12,22,25-26H,13-14H2,1H3/t22-/m1/s1. The first-order chi connectivity index (χ1) is 13.8. The Bertz CT molecular complexity index is 1100. The van der Waals surface area contributed by atoms with Gasteiger partial charge in [-0.2, -0.15) is 0 Å². The fourth-order valence-electron chi connectivity index (χ4n) is 3.13. The summed E-state index contributed by atoms with van der Waals surface area (Å²) in [5, 5.41) is 12.4. The lowest BCUT2D eigenvalue weighted by atomic mass is 10.1. The first-order valence-corrected chi connectivity index (χ1v) is 10.6. The van der Waals surface area contributed by atoms with E-state index in [-0.39, 0.29) is 28.9 Å². The Morgan fingerprint density at radius 3 is 2.34 bits per heavy atom. The van der Waals surface area contributed by atoms with Crippen molar-refractivity contribution >= 4 is 9.84 Å². The number of hydrogen-bond acceptors (Lipinski definition) is 4. The van der Waals surface area contributed by atoms with Crippen LogP contribution >= 0.6 is 0 Å². The minimum absolute atomic E-state index is 0.103. The lowest BCUT2D eigenvalue weighted by molar-refractivity contribution is 0.251. The quantitative estimate of drug-likeness (QED) is 0.613. The van der Waals surface area contributed by atoms with Gasteiger partial charge in [0.2, 0.25) is 0 Å². The average Bonchev–Trinajstić information content (AvgIpc) is 2.69. The molecular weight excluding hydrogens is 396 g/mol. The molecule has 0 spiro atoms. The predicted octanol–water partition coefficient (Wildman–Crippen LogP) is 3.86. The Balaban J connectivity index is 1.84. The molecule has 0 radical (unpaired) electrons. The van der Waals surface area contributed by atoms with Gasteiger partial charge in [-0.1, -0.05) is 36.4 Å². The zero-order valence-corrected chi connectivity index (χ0v) is 16.6. The third-order valence-corrected chi connectivity index (χ3v) is 6.40. The van der Waals surface area contributed by atoms with Gasteiger partial charge >= 0.3 is 0 Å². The molecule has 0 amide bonds.